The first kappa shape index (κ1) is 17.9. The highest BCUT2D eigenvalue weighted by Crippen LogP contribution is 2.46. The summed E-state index contributed by atoms with van der Waals surface area (Å²) in [6, 6.07) is 9.68. The van der Waals surface area contributed by atoms with Gasteiger partial charge in [-0.25, -0.2) is 4.79 Å². The molecule has 3 N–H and O–H groups in total. The van der Waals surface area contributed by atoms with E-state index in [0.29, 0.717) is 17.7 Å². The van der Waals surface area contributed by atoms with E-state index >= 15 is 0 Å². The van der Waals surface area contributed by atoms with Crippen LogP contribution in [0.15, 0.2) is 30.3 Å². The van der Waals surface area contributed by atoms with Crippen molar-refractivity contribution in [2.24, 2.45) is 5.92 Å². The quantitative estimate of drug-likeness (QED) is 0.757. The summed E-state index contributed by atoms with van der Waals surface area (Å²) >= 11 is 0. The number of rotatable bonds is 5. The maximum Gasteiger partial charge on any atom is 0.324 e. The second-order valence-corrected chi connectivity index (χ2v) is 7.58. The van der Waals surface area contributed by atoms with Gasteiger partial charge in [-0.2, -0.15) is 5.10 Å². The number of carbonyl (C=O) groups is 1. The number of nitrogens with one attached hydrogen (secondary N) is 3. The fourth-order valence-electron chi connectivity index (χ4n) is 3.73. The van der Waals surface area contributed by atoms with E-state index in [1.807, 2.05) is 24.3 Å². The van der Waals surface area contributed by atoms with Crippen LogP contribution in [0.3, 0.4) is 0 Å². The number of amides is 2. The molecule has 0 spiro atoms. The van der Waals surface area contributed by atoms with E-state index in [4.69, 9.17) is 0 Å². The number of likely N-dealkylation sites (N-methyl/N-ethyl adjacent to an activating group) is 1. The minimum atomic E-state index is -0.273. The van der Waals surface area contributed by atoms with Crippen LogP contribution >= 0.6 is 0 Å². The second kappa shape index (κ2) is 7.60. The Morgan fingerprint density at radius 3 is 2.70 bits per heavy atom. The number of anilines is 3. The topological polar surface area (TPSA) is 76.3 Å². The van der Waals surface area contributed by atoms with Gasteiger partial charge in [0.25, 0.3) is 0 Å². The van der Waals surface area contributed by atoms with Crippen molar-refractivity contribution in [1.29, 1.82) is 0 Å². The molecular weight excluding hydrogens is 340 g/mol. The highest BCUT2D eigenvalue weighted by atomic mass is 16.2. The molecule has 2 unspecified atom stereocenters. The Balaban J connectivity index is 1.33. The molecule has 27 heavy (non-hydrogen) atoms. The molecule has 144 valence electrons. The van der Waals surface area contributed by atoms with Gasteiger partial charge in [0, 0.05) is 55.2 Å². The van der Waals surface area contributed by atoms with E-state index < -0.39 is 0 Å². The highest BCUT2D eigenvalue weighted by molar-refractivity contribution is 5.99. The lowest BCUT2D eigenvalue weighted by Gasteiger charge is -2.35. The number of urea groups is 1. The molecule has 1 saturated heterocycles. The van der Waals surface area contributed by atoms with E-state index in [0.717, 1.165) is 49.8 Å². The molecule has 2 heterocycles. The molecule has 2 fully saturated rings. The molecule has 1 aromatic heterocycles. The SMILES string of the molecule is CCN1CCN(c2cccc(NC(=O)Nc3cc(C4CC4C)[nH]n3)c2)CC1. The normalized spacial score (nSPS) is 22.5. The van der Waals surface area contributed by atoms with Gasteiger partial charge >= 0.3 is 6.03 Å². The van der Waals surface area contributed by atoms with E-state index in [9.17, 15) is 4.79 Å². The standard InChI is InChI=1S/C20H28N6O/c1-3-25-7-9-26(10-8-25)16-6-4-5-15(12-16)21-20(27)22-19-13-18(23-24-19)17-11-14(17)2/h4-6,12-14,17H,3,7-11H2,1-2H3,(H3,21,22,23,24,27). The lowest BCUT2D eigenvalue weighted by molar-refractivity contribution is 0.262. The van der Waals surface area contributed by atoms with Crippen LogP contribution in [0.1, 0.15) is 31.9 Å². The Labute approximate surface area is 160 Å². The van der Waals surface area contributed by atoms with Gasteiger partial charge in [0.15, 0.2) is 5.82 Å². The zero-order valence-electron chi connectivity index (χ0n) is 16.0. The average Bonchev–Trinajstić information content (AvgIpc) is 3.23. The lowest BCUT2D eigenvalue weighted by atomic mass is 10.2. The number of hydrogen-bond acceptors (Lipinski definition) is 4. The summed E-state index contributed by atoms with van der Waals surface area (Å²) in [4.78, 5) is 17.1. The predicted molar refractivity (Wildman–Crippen MR) is 109 cm³/mol. The van der Waals surface area contributed by atoms with Crippen LogP contribution in [0, 0.1) is 5.92 Å². The fraction of sp³-hybridized carbons (Fsp3) is 0.500. The van der Waals surface area contributed by atoms with Gasteiger partial charge in [0.1, 0.15) is 0 Å². The van der Waals surface area contributed by atoms with E-state index in [2.05, 4.69) is 50.5 Å². The van der Waals surface area contributed by atoms with Gasteiger partial charge in [-0.3, -0.25) is 10.4 Å². The van der Waals surface area contributed by atoms with Crippen LogP contribution in [0.5, 0.6) is 0 Å². The first-order chi connectivity index (χ1) is 13.1. The van der Waals surface area contributed by atoms with Crippen molar-refractivity contribution in [1.82, 2.24) is 15.1 Å². The number of aromatic nitrogens is 2. The first-order valence-electron chi connectivity index (χ1n) is 9.83. The lowest BCUT2D eigenvalue weighted by Crippen LogP contribution is -2.46. The van der Waals surface area contributed by atoms with Gasteiger partial charge in [0.2, 0.25) is 0 Å². The van der Waals surface area contributed by atoms with Gasteiger partial charge in [-0.1, -0.05) is 19.9 Å². The van der Waals surface area contributed by atoms with Gasteiger partial charge in [0.05, 0.1) is 0 Å². The predicted octanol–water partition coefficient (Wildman–Crippen LogP) is 3.32. The zero-order valence-corrected chi connectivity index (χ0v) is 16.0. The third-order valence-corrected chi connectivity index (χ3v) is 5.64. The number of hydrogen-bond donors (Lipinski definition) is 3. The van der Waals surface area contributed by atoms with Crippen molar-refractivity contribution in [2.45, 2.75) is 26.2 Å². The summed E-state index contributed by atoms with van der Waals surface area (Å²) < 4.78 is 0. The molecule has 2 aliphatic rings. The molecule has 1 aliphatic carbocycles. The van der Waals surface area contributed by atoms with Crippen molar-refractivity contribution in [3.05, 3.63) is 36.0 Å². The fourth-order valence-corrected chi connectivity index (χ4v) is 3.73. The molecular formula is C20H28N6O. The van der Waals surface area contributed by atoms with Crippen molar-refractivity contribution in [3.8, 4) is 0 Å². The third-order valence-electron chi connectivity index (χ3n) is 5.64. The third kappa shape index (κ3) is 4.24. The number of H-pyrrole nitrogens is 1. The van der Waals surface area contributed by atoms with Crippen LogP contribution in [0.4, 0.5) is 22.0 Å². The molecule has 0 bridgehead atoms. The summed E-state index contributed by atoms with van der Waals surface area (Å²) in [5.41, 5.74) is 3.04. The molecule has 2 amide bonds. The van der Waals surface area contributed by atoms with Gasteiger partial charge in [-0.15, -0.1) is 0 Å². The van der Waals surface area contributed by atoms with Gasteiger partial charge in [-0.05, 0) is 37.1 Å². The van der Waals surface area contributed by atoms with Crippen molar-refractivity contribution >= 4 is 23.2 Å². The zero-order chi connectivity index (χ0) is 18.8. The van der Waals surface area contributed by atoms with Crippen LogP contribution in [-0.4, -0.2) is 53.9 Å². The summed E-state index contributed by atoms with van der Waals surface area (Å²) in [5, 5.41) is 12.9. The largest absolute Gasteiger partial charge is 0.369 e. The number of nitrogens with zero attached hydrogens (tertiary/aromatic N) is 3. The summed E-state index contributed by atoms with van der Waals surface area (Å²) in [7, 11) is 0. The molecule has 2 atom stereocenters. The molecule has 1 saturated carbocycles. The summed E-state index contributed by atoms with van der Waals surface area (Å²) in [5.74, 6) is 1.82. The number of carbonyl (C=O) groups excluding carboxylic acids is 1. The number of benzene rings is 1. The molecule has 7 heteroatoms. The second-order valence-electron chi connectivity index (χ2n) is 7.58. The minimum Gasteiger partial charge on any atom is -0.369 e. The van der Waals surface area contributed by atoms with Crippen LogP contribution in [-0.2, 0) is 0 Å². The van der Waals surface area contributed by atoms with E-state index in [1.165, 1.54) is 6.42 Å². The minimum absolute atomic E-state index is 0.273. The molecule has 7 nitrogen and oxygen atoms in total. The number of piperazine rings is 1. The Hall–Kier alpha value is -2.54. The Morgan fingerprint density at radius 1 is 1.22 bits per heavy atom. The Bertz CT molecular complexity index is 795. The Kier molecular flexibility index (Phi) is 5.03. The van der Waals surface area contributed by atoms with Crippen molar-refractivity contribution in [2.75, 3.05) is 48.3 Å². The molecule has 0 radical (unpaired) electrons. The van der Waals surface area contributed by atoms with E-state index in [1.54, 1.807) is 0 Å². The number of aromatic amines is 1. The van der Waals surface area contributed by atoms with Crippen molar-refractivity contribution in [3.63, 3.8) is 0 Å². The first-order valence-corrected chi connectivity index (χ1v) is 9.83. The monoisotopic (exact) mass is 368 g/mol. The van der Waals surface area contributed by atoms with Crippen LogP contribution in [0.25, 0.3) is 0 Å². The maximum absolute atomic E-state index is 12.3. The average molecular weight is 368 g/mol. The van der Waals surface area contributed by atoms with Crippen LogP contribution < -0.4 is 15.5 Å². The van der Waals surface area contributed by atoms with Crippen LogP contribution in [0.2, 0.25) is 0 Å². The highest BCUT2D eigenvalue weighted by Gasteiger charge is 2.35. The van der Waals surface area contributed by atoms with Crippen molar-refractivity contribution < 1.29 is 4.79 Å². The summed E-state index contributed by atoms with van der Waals surface area (Å²) in [6.07, 6.45) is 1.19. The molecule has 1 aliphatic heterocycles. The maximum atomic E-state index is 12.3. The van der Waals surface area contributed by atoms with E-state index in [-0.39, 0.29) is 6.03 Å². The van der Waals surface area contributed by atoms with Gasteiger partial charge < -0.3 is 15.1 Å². The Morgan fingerprint density at radius 2 is 2.00 bits per heavy atom. The molecule has 1 aromatic carbocycles. The molecule has 2 aromatic rings. The smallest absolute Gasteiger partial charge is 0.324 e. The molecule has 4 rings (SSSR count). The summed E-state index contributed by atoms with van der Waals surface area (Å²) in [6.45, 7) is 9.71.